The molecule has 2 N–H and O–H groups in total. The largest absolute Gasteiger partial charge is 0.383 e. The molecule has 0 heterocycles. The van der Waals surface area contributed by atoms with E-state index < -0.39 is 0 Å². The highest BCUT2D eigenvalue weighted by molar-refractivity contribution is 8.00. The van der Waals surface area contributed by atoms with E-state index in [0.29, 0.717) is 19.1 Å². The van der Waals surface area contributed by atoms with E-state index in [-0.39, 0.29) is 23.6 Å². The maximum absolute atomic E-state index is 11.9. The van der Waals surface area contributed by atoms with Gasteiger partial charge in [-0.05, 0) is 11.7 Å². The molecule has 0 aliphatic heterocycles. The predicted octanol–water partition coefficient (Wildman–Crippen LogP) is 1.54. The van der Waals surface area contributed by atoms with Gasteiger partial charge in [-0.3, -0.25) is 4.79 Å². The van der Waals surface area contributed by atoms with Crippen molar-refractivity contribution in [3.8, 4) is 0 Å². The smallest absolute Gasteiger partial charge is 0.233 e. The van der Waals surface area contributed by atoms with Crippen LogP contribution < -0.4 is 10.6 Å². The zero-order chi connectivity index (χ0) is 13.1. The summed E-state index contributed by atoms with van der Waals surface area (Å²) in [6.45, 7) is 9.25. The number of ether oxygens (including phenoxy) is 1. The third-order valence-corrected chi connectivity index (χ3v) is 3.74. The fourth-order valence-corrected chi connectivity index (χ4v) is 2.40. The van der Waals surface area contributed by atoms with E-state index in [1.54, 1.807) is 18.9 Å². The number of amides is 1. The zero-order valence-electron chi connectivity index (χ0n) is 11.8. The molecular weight excluding hydrogens is 272 g/mol. The quantitative estimate of drug-likeness (QED) is 0.601. The summed E-state index contributed by atoms with van der Waals surface area (Å²) in [7, 11) is 1.68. The van der Waals surface area contributed by atoms with Crippen LogP contribution in [0.15, 0.2) is 0 Å². The number of nitrogens with one attached hydrogen (secondary N) is 2. The van der Waals surface area contributed by atoms with E-state index >= 15 is 0 Å². The van der Waals surface area contributed by atoms with Crippen LogP contribution in [0, 0.1) is 5.92 Å². The maximum atomic E-state index is 11.9. The number of hydrogen-bond acceptors (Lipinski definition) is 4. The summed E-state index contributed by atoms with van der Waals surface area (Å²) in [5.74, 6) is 1.50. The maximum Gasteiger partial charge on any atom is 0.233 e. The Morgan fingerprint density at radius 3 is 2.44 bits per heavy atom. The van der Waals surface area contributed by atoms with Gasteiger partial charge in [0.1, 0.15) is 0 Å². The third-order valence-electron chi connectivity index (χ3n) is 2.29. The van der Waals surface area contributed by atoms with Crippen molar-refractivity contribution in [1.82, 2.24) is 10.6 Å². The van der Waals surface area contributed by atoms with Gasteiger partial charge in [0.2, 0.25) is 5.91 Å². The second-order valence-electron chi connectivity index (χ2n) is 4.15. The number of carbonyl (C=O) groups excluding carboxylic acids is 1. The molecule has 18 heavy (non-hydrogen) atoms. The van der Waals surface area contributed by atoms with Crippen LogP contribution in [-0.4, -0.2) is 50.3 Å². The number of thioether (sulfide) groups is 1. The van der Waals surface area contributed by atoms with Crippen molar-refractivity contribution >= 4 is 30.1 Å². The topological polar surface area (TPSA) is 50.4 Å². The Labute approximate surface area is 121 Å². The molecule has 0 bridgehead atoms. The Kier molecular flexibility index (Phi) is 15.2. The first-order valence-electron chi connectivity index (χ1n) is 6.22. The lowest BCUT2D eigenvalue weighted by Gasteiger charge is -2.19. The molecule has 0 aliphatic carbocycles. The summed E-state index contributed by atoms with van der Waals surface area (Å²) >= 11 is 1.71. The fraction of sp³-hybridized carbons (Fsp3) is 0.917. The van der Waals surface area contributed by atoms with Crippen LogP contribution in [0.3, 0.4) is 0 Å². The molecule has 0 fully saturated rings. The molecule has 110 valence electrons. The van der Waals surface area contributed by atoms with Gasteiger partial charge in [-0.1, -0.05) is 20.8 Å². The number of hydrogen-bond donors (Lipinski definition) is 2. The van der Waals surface area contributed by atoms with Crippen LogP contribution in [0.2, 0.25) is 0 Å². The lowest BCUT2D eigenvalue weighted by molar-refractivity contribution is -0.121. The summed E-state index contributed by atoms with van der Waals surface area (Å²) in [6, 6.07) is 0. The van der Waals surface area contributed by atoms with E-state index in [0.717, 1.165) is 18.8 Å². The standard InChI is InChI=1S/C12H26N2O2S.ClH/c1-5-17-11(10(2)3)12(15)14-7-6-13-8-9-16-4;/h10-11,13H,5-9H2,1-4H3,(H,14,15);1H. The average molecular weight is 299 g/mol. The number of methoxy groups -OCH3 is 1. The Hall–Kier alpha value is 0.0300. The fourth-order valence-electron chi connectivity index (χ4n) is 1.42. The zero-order valence-corrected chi connectivity index (χ0v) is 13.5. The van der Waals surface area contributed by atoms with E-state index in [4.69, 9.17) is 4.74 Å². The first-order valence-corrected chi connectivity index (χ1v) is 7.27. The summed E-state index contributed by atoms with van der Waals surface area (Å²) < 4.78 is 4.92. The predicted molar refractivity (Wildman–Crippen MR) is 81.8 cm³/mol. The molecule has 0 saturated carbocycles. The molecule has 1 amide bonds. The van der Waals surface area contributed by atoms with Crippen molar-refractivity contribution in [3.05, 3.63) is 0 Å². The molecule has 0 aromatic carbocycles. The van der Waals surface area contributed by atoms with Crippen molar-refractivity contribution in [3.63, 3.8) is 0 Å². The van der Waals surface area contributed by atoms with Crippen molar-refractivity contribution < 1.29 is 9.53 Å². The molecule has 0 saturated heterocycles. The highest BCUT2D eigenvalue weighted by Crippen LogP contribution is 2.18. The summed E-state index contributed by atoms with van der Waals surface area (Å²) in [4.78, 5) is 11.9. The summed E-state index contributed by atoms with van der Waals surface area (Å²) in [5.41, 5.74) is 0. The van der Waals surface area contributed by atoms with E-state index in [1.165, 1.54) is 0 Å². The number of carbonyl (C=O) groups is 1. The lowest BCUT2D eigenvalue weighted by Crippen LogP contribution is -2.39. The van der Waals surface area contributed by atoms with Gasteiger partial charge in [0.25, 0.3) is 0 Å². The highest BCUT2D eigenvalue weighted by atomic mass is 35.5. The molecular formula is C12H27ClN2O2S. The summed E-state index contributed by atoms with van der Waals surface area (Å²) in [6.07, 6.45) is 0. The third kappa shape index (κ3) is 10.00. The van der Waals surface area contributed by atoms with Gasteiger partial charge in [-0.25, -0.2) is 0 Å². The van der Waals surface area contributed by atoms with Crippen molar-refractivity contribution in [2.75, 3.05) is 39.1 Å². The number of halogens is 1. The SMILES string of the molecule is CCSC(C(=O)NCCNCCOC)C(C)C.Cl. The first kappa shape index (κ1) is 20.3. The Morgan fingerprint density at radius 1 is 1.28 bits per heavy atom. The van der Waals surface area contributed by atoms with Crippen molar-refractivity contribution in [1.29, 1.82) is 0 Å². The van der Waals surface area contributed by atoms with Crippen LogP contribution in [0.4, 0.5) is 0 Å². The molecule has 0 aromatic rings. The normalized spacial score (nSPS) is 12.1. The van der Waals surface area contributed by atoms with Gasteiger partial charge in [0, 0.05) is 26.7 Å². The molecule has 0 radical (unpaired) electrons. The van der Waals surface area contributed by atoms with E-state index in [9.17, 15) is 4.79 Å². The molecule has 0 spiro atoms. The van der Waals surface area contributed by atoms with Crippen LogP contribution in [0.5, 0.6) is 0 Å². The molecule has 1 unspecified atom stereocenters. The number of rotatable bonds is 10. The van der Waals surface area contributed by atoms with Crippen LogP contribution in [0.1, 0.15) is 20.8 Å². The lowest BCUT2D eigenvalue weighted by atomic mass is 10.1. The van der Waals surface area contributed by atoms with Gasteiger partial charge in [-0.15, -0.1) is 24.2 Å². The minimum Gasteiger partial charge on any atom is -0.383 e. The van der Waals surface area contributed by atoms with Crippen molar-refractivity contribution in [2.24, 2.45) is 5.92 Å². The average Bonchev–Trinajstić information content (AvgIpc) is 2.29. The minimum absolute atomic E-state index is 0. The van der Waals surface area contributed by atoms with Crippen LogP contribution in [-0.2, 0) is 9.53 Å². The molecule has 0 aromatic heterocycles. The molecule has 4 nitrogen and oxygen atoms in total. The molecule has 0 aliphatic rings. The van der Waals surface area contributed by atoms with Gasteiger partial charge in [0.05, 0.1) is 11.9 Å². The monoisotopic (exact) mass is 298 g/mol. The van der Waals surface area contributed by atoms with Gasteiger partial charge in [-0.2, -0.15) is 0 Å². The summed E-state index contributed by atoms with van der Waals surface area (Å²) in [5, 5.41) is 6.23. The Bertz CT molecular complexity index is 207. The minimum atomic E-state index is 0. The molecule has 0 rings (SSSR count). The van der Waals surface area contributed by atoms with E-state index in [2.05, 4.69) is 31.4 Å². The highest BCUT2D eigenvalue weighted by Gasteiger charge is 2.21. The van der Waals surface area contributed by atoms with Gasteiger partial charge in [0.15, 0.2) is 0 Å². The van der Waals surface area contributed by atoms with Gasteiger partial charge < -0.3 is 15.4 Å². The van der Waals surface area contributed by atoms with Gasteiger partial charge >= 0.3 is 0 Å². The van der Waals surface area contributed by atoms with E-state index in [1.807, 2.05) is 0 Å². The first-order chi connectivity index (χ1) is 8.13. The van der Waals surface area contributed by atoms with Crippen molar-refractivity contribution in [2.45, 2.75) is 26.0 Å². The second kappa shape index (κ2) is 13.5. The molecule has 1 atom stereocenters. The molecule has 6 heteroatoms. The van der Waals surface area contributed by atoms with Crippen LogP contribution in [0.25, 0.3) is 0 Å². The Balaban J connectivity index is 0. The Morgan fingerprint density at radius 2 is 1.94 bits per heavy atom. The van der Waals surface area contributed by atoms with Crippen LogP contribution >= 0.6 is 24.2 Å². The second-order valence-corrected chi connectivity index (χ2v) is 5.57.